The molecule has 19 heavy (non-hydrogen) atoms. The molecule has 0 fully saturated rings. The van der Waals surface area contributed by atoms with E-state index in [1.165, 1.54) is 12.1 Å². The van der Waals surface area contributed by atoms with Crippen molar-refractivity contribution in [2.75, 3.05) is 13.6 Å². The van der Waals surface area contributed by atoms with Crippen LogP contribution in [0.15, 0.2) is 18.2 Å². The SMILES string of the molecule is CNC[C@H](O)c1ccc(O)c(OC(=O)C(C)(C)C)c1. The zero-order valence-electron chi connectivity index (χ0n) is 11.7. The van der Waals surface area contributed by atoms with Gasteiger partial charge in [0.25, 0.3) is 0 Å². The van der Waals surface area contributed by atoms with Gasteiger partial charge in [-0.2, -0.15) is 0 Å². The van der Waals surface area contributed by atoms with Crippen molar-refractivity contribution in [1.29, 1.82) is 0 Å². The maximum Gasteiger partial charge on any atom is 0.316 e. The van der Waals surface area contributed by atoms with Gasteiger partial charge in [-0.05, 0) is 45.5 Å². The average molecular weight is 267 g/mol. The van der Waals surface area contributed by atoms with Crippen LogP contribution in [0.5, 0.6) is 11.5 Å². The normalized spacial score (nSPS) is 13.1. The molecule has 0 saturated carbocycles. The van der Waals surface area contributed by atoms with Crippen LogP contribution in [0.3, 0.4) is 0 Å². The molecule has 0 saturated heterocycles. The first-order chi connectivity index (χ1) is 8.75. The van der Waals surface area contributed by atoms with Crippen LogP contribution in [0.25, 0.3) is 0 Å². The summed E-state index contributed by atoms with van der Waals surface area (Å²) in [5, 5.41) is 22.4. The summed E-state index contributed by atoms with van der Waals surface area (Å²) >= 11 is 0. The third-order valence-electron chi connectivity index (χ3n) is 2.58. The Labute approximate surface area is 113 Å². The van der Waals surface area contributed by atoms with Crippen LogP contribution in [0.4, 0.5) is 0 Å². The van der Waals surface area contributed by atoms with Crippen molar-refractivity contribution in [2.45, 2.75) is 26.9 Å². The number of hydrogen-bond donors (Lipinski definition) is 3. The van der Waals surface area contributed by atoms with Gasteiger partial charge in [-0.25, -0.2) is 0 Å². The number of carbonyl (C=O) groups is 1. The number of likely N-dealkylation sites (N-methyl/N-ethyl adjacent to an activating group) is 1. The predicted molar refractivity (Wildman–Crippen MR) is 72.1 cm³/mol. The minimum absolute atomic E-state index is 0.0626. The molecule has 5 nitrogen and oxygen atoms in total. The van der Waals surface area contributed by atoms with E-state index in [1.54, 1.807) is 33.9 Å². The number of hydrogen-bond acceptors (Lipinski definition) is 5. The van der Waals surface area contributed by atoms with Crippen LogP contribution < -0.4 is 10.1 Å². The number of rotatable bonds is 4. The van der Waals surface area contributed by atoms with E-state index in [0.29, 0.717) is 12.1 Å². The Bertz CT molecular complexity index is 451. The van der Waals surface area contributed by atoms with Crippen LogP contribution in [0.1, 0.15) is 32.4 Å². The van der Waals surface area contributed by atoms with E-state index in [2.05, 4.69) is 5.32 Å². The number of carbonyl (C=O) groups excluding carboxylic acids is 1. The lowest BCUT2D eigenvalue weighted by Gasteiger charge is -2.18. The summed E-state index contributed by atoms with van der Waals surface area (Å²) in [5.74, 6) is -0.506. The molecule has 0 aliphatic rings. The van der Waals surface area contributed by atoms with Crippen LogP contribution in [-0.2, 0) is 4.79 Å². The fraction of sp³-hybridized carbons (Fsp3) is 0.500. The van der Waals surface area contributed by atoms with E-state index >= 15 is 0 Å². The maximum atomic E-state index is 11.8. The Balaban J connectivity index is 2.95. The highest BCUT2D eigenvalue weighted by Gasteiger charge is 2.25. The molecule has 0 bridgehead atoms. The van der Waals surface area contributed by atoms with E-state index in [1.807, 2.05) is 0 Å². The molecule has 0 heterocycles. The van der Waals surface area contributed by atoms with E-state index < -0.39 is 17.5 Å². The number of benzene rings is 1. The van der Waals surface area contributed by atoms with Gasteiger partial charge < -0.3 is 20.3 Å². The second kappa shape index (κ2) is 6.04. The van der Waals surface area contributed by atoms with Gasteiger partial charge in [0.2, 0.25) is 0 Å². The summed E-state index contributed by atoms with van der Waals surface area (Å²) in [4.78, 5) is 11.8. The molecule has 0 radical (unpaired) electrons. The van der Waals surface area contributed by atoms with Crippen molar-refractivity contribution in [3.63, 3.8) is 0 Å². The topological polar surface area (TPSA) is 78.8 Å². The van der Waals surface area contributed by atoms with Crippen molar-refractivity contribution in [1.82, 2.24) is 5.32 Å². The van der Waals surface area contributed by atoms with Gasteiger partial charge in [0, 0.05) is 6.54 Å². The van der Waals surface area contributed by atoms with Crippen LogP contribution in [0.2, 0.25) is 0 Å². The molecular formula is C14H21NO4. The number of nitrogens with one attached hydrogen (secondary N) is 1. The van der Waals surface area contributed by atoms with Crippen molar-refractivity contribution in [2.24, 2.45) is 5.41 Å². The Hall–Kier alpha value is -1.59. The first-order valence-corrected chi connectivity index (χ1v) is 6.13. The Morgan fingerprint density at radius 1 is 1.42 bits per heavy atom. The highest BCUT2D eigenvalue weighted by molar-refractivity contribution is 5.78. The monoisotopic (exact) mass is 267 g/mol. The predicted octanol–water partition coefficient (Wildman–Crippen LogP) is 1.60. The summed E-state index contributed by atoms with van der Waals surface area (Å²) in [6.07, 6.45) is -0.724. The third-order valence-corrected chi connectivity index (χ3v) is 2.58. The molecule has 0 aromatic heterocycles. The smallest absolute Gasteiger partial charge is 0.316 e. The van der Waals surface area contributed by atoms with Gasteiger partial charge in [-0.3, -0.25) is 4.79 Å². The van der Waals surface area contributed by atoms with Crippen LogP contribution in [0, 0.1) is 5.41 Å². The number of phenols is 1. The van der Waals surface area contributed by atoms with E-state index in [4.69, 9.17) is 4.74 Å². The molecule has 0 aliphatic heterocycles. The standard InChI is InChI=1S/C14H21NO4/c1-14(2,3)13(18)19-12-7-9(5-6-10(12)16)11(17)8-15-4/h5-7,11,15-17H,8H2,1-4H3/t11-/m0/s1. The molecule has 0 aliphatic carbocycles. The molecule has 1 rings (SSSR count). The van der Waals surface area contributed by atoms with Crippen molar-refractivity contribution in [3.05, 3.63) is 23.8 Å². The van der Waals surface area contributed by atoms with Gasteiger partial charge >= 0.3 is 5.97 Å². The number of aliphatic hydroxyl groups excluding tert-OH is 1. The number of esters is 1. The summed E-state index contributed by atoms with van der Waals surface area (Å²) < 4.78 is 5.16. The highest BCUT2D eigenvalue weighted by atomic mass is 16.5. The number of aliphatic hydroxyl groups is 1. The van der Waals surface area contributed by atoms with Crippen molar-refractivity contribution in [3.8, 4) is 11.5 Å². The van der Waals surface area contributed by atoms with Gasteiger partial charge in [0.1, 0.15) is 0 Å². The third kappa shape index (κ3) is 4.22. The van der Waals surface area contributed by atoms with E-state index in [0.717, 1.165) is 0 Å². The average Bonchev–Trinajstić information content (AvgIpc) is 2.30. The van der Waals surface area contributed by atoms with Gasteiger partial charge in [-0.15, -0.1) is 0 Å². The molecule has 106 valence electrons. The molecule has 0 spiro atoms. The summed E-state index contributed by atoms with van der Waals surface area (Å²) in [6, 6.07) is 4.46. The van der Waals surface area contributed by atoms with Crippen LogP contribution >= 0.6 is 0 Å². The van der Waals surface area contributed by atoms with Crippen LogP contribution in [-0.4, -0.2) is 29.8 Å². The molecule has 1 atom stereocenters. The minimum Gasteiger partial charge on any atom is -0.504 e. The summed E-state index contributed by atoms with van der Waals surface area (Å²) in [7, 11) is 1.73. The summed E-state index contributed by atoms with van der Waals surface area (Å²) in [5.41, 5.74) is -0.0877. The molecule has 0 unspecified atom stereocenters. The highest BCUT2D eigenvalue weighted by Crippen LogP contribution is 2.31. The van der Waals surface area contributed by atoms with Gasteiger partial charge in [0.05, 0.1) is 11.5 Å². The van der Waals surface area contributed by atoms with Gasteiger partial charge in [0.15, 0.2) is 11.5 Å². The number of aromatic hydroxyl groups is 1. The van der Waals surface area contributed by atoms with Crippen molar-refractivity contribution >= 4 is 5.97 Å². The molecule has 1 aromatic carbocycles. The zero-order chi connectivity index (χ0) is 14.6. The van der Waals surface area contributed by atoms with Gasteiger partial charge in [-0.1, -0.05) is 6.07 Å². The van der Waals surface area contributed by atoms with E-state index in [-0.39, 0.29) is 11.5 Å². The molecular weight excluding hydrogens is 246 g/mol. The lowest BCUT2D eigenvalue weighted by atomic mass is 9.97. The second-order valence-corrected chi connectivity index (χ2v) is 5.44. The Kier molecular flexibility index (Phi) is 4.91. The largest absolute Gasteiger partial charge is 0.504 e. The first-order valence-electron chi connectivity index (χ1n) is 6.13. The first kappa shape index (κ1) is 15.5. The second-order valence-electron chi connectivity index (χ2n) is 5.44. The lowest BCUT2D eigenvalue weighted by Crippen LogP contribution is -2.25. The molecule has 3 N–H and O–H groups in total. The Morgan fingerprint density at radius 3 is 2.58 bits per heavy atom. The quantitative estimate of drug-likeness (QED) is 0.570. The van der Waals surface area contributed by atoms with Crippen molar-refractivity contribution < 1.29 is 19.7 Å². The lowest BCUT2D eigenvalue weighted by molar-refractivity contribution is -0.143. The minimum atomic E-state index is -0.724. The number of ether oxygens (including phenoxy) is 1. The maximum absolute atomic E-state index is 11.8. The fourth-order valence-corrected chi connectivity index (χ4v) is 1.38. The van der Waals surface area contributed by atoms with E-state index in [9.17, 15) is 15.0 Å². The fourth-order valence-electron chi connectivity index (χ4n) is 1.38. The molecule has 5 heteroatoms. The Morgan fingerprint density at radius 2 is 2.05 bits per heavy atom. The molecule has 0 amide bonds. The summed E-state index contributed by atoms with van der Waals surface area (Å²) in [6.45, 7) is 5.56. The number of phenolic OH excluding ortho intramolecular Hbond substituents is 1. The molecule has 1 aromatic rings. The zero-order valence-corrected chi connectivity index (χ0v) is 11.7.